The number of hydrogen-bond donors (Lipinski definition) is 2. The van der Waals surface area contributed by atoms with Crippen LogP contribution in [0, 0.1) is 0 Å². The summed E-state index contributed by atoms with van der Waals surface area (Å²) in [6.07, 6.45) is 1.87. The highest BCUT2D eigenvalue weighted by Crippen LogP contribution is 2.11. The lowest BCUT2D eigenvalue weighted by molar-refractivity contribution is 0.120. The van der Waals surface area contributed by atoms with Crippen LogP contribution in [0.1, 0.15) is 32.3 Å². The number of rotatable bonds is 13. The van der Waals surface area contributed by atoms with Crippen molar-refractivity contribution in [2.24, 2.45) is 4.99 Å². The summed E-state index contributed by atoms with van der Waals surface area (Å²) in [7, 11) is 1.67. The van der Waals surface area contributed by atoms with Crippen LogP contribution in [-0.4, -0.2) is 52.5 Å². The molecule has 0 saturated heterocycles. The Kier molecular flexibility index (Phi) is 16.7. The summed E-state index contributed by atoms with van der Waals surface area (Å²) in [5.74, 6) is 1.72. The summed E-state index contributed by atoms with van der Waals surface area (Å²) in [4.78, 5) is 4.56. The second-order valence-corrected chi connectivity index (χ2v) is 5.49. The van der Waals surface area contributed by atoms with Gasteiger partial charge in [0.15, 0.2) is 5.96 Å². The number of ether oxygens (including phenoxy) is 3. The van der Waals surface area contributed by atoms with Crippen molar-refractivity contribution >= 4 is 29.9 Å². The molecule has 0 aliphatic rings. The van der Waals surface area contributed by atoms with Crippen molar-refractivity contribution in [3.8, 4) is 5.75 Å². The van der Waals surface area contributed by atoms with E-state index >= 15 is 0 Å². The third-order valence-electron chi connectivity index (χ3n) is 3.45. The zero-order valence-electron chi connectivity index (χ0n) is 16.3. The highest BCUT2D eigenvalue weighted by atomic mass is 127. The summed E-state index contributed by atoms with van der Waals surface area (Å²) < 4.78 is 16.2. The van der Waals surface area contributed by atoms with Crippen LogP contribution in [0.4, 0.5) is 0 Å². The van der Waals surface area contributed by atoms with E-state index in [1.54, 1.807) is 7.11 Å². The Labute approximate surface area is 175 Å². The normalized spacial score (nSPS) is 11.0. The molecule has 0 aliphatic heterocycles. The summed E-state index contributed by atoms with van der Waals surface area (Å²) in [6, 6.07) is 7.94. The maximum Gasteiger partial charge on any atom is 0.191 e. The number of benzene rings is 1. The summed E-state index contributed by atoms with van der Waals surface area (Å²) in [5.41, 5.74) is 1.15. The molecule has 0 amide bonds. The maximum atomic E-state index is 5.69. The lowest BCUT2D eigenvalue weighted by Gasteiger charge is -2.11. The van der Waals surface area contributed by atoms with Gasteiger partial charge in [0.25, 0.3) is 0 Å². The van der Waals surface area contributed by atoms with Crippen LogP contribution >= 0.6 is 24.0 Å². The topological polar surface area (TPSA) is 64.1 Å². The number of nitrogens with zero attached hydrogens (tertiary/aromatic N) is 1. The SMILES string of the molecule is CCNC(=NCCCOCc1ccc(OC)cc1)NCCCOCC.I. The first kappa shape index (κ1) is 24.9. The summed E-state index contributed by atoms with van der Waals surface area (Å²) in [5, 5.41) is 6.56. The Morgan fingerprint density at radius 1 is 1.00 bits per heavy atom. The molecule has 1 rings (SSSR count). The number of nitrogens with one attached hydrogen (secondary N) is 2. The van der Waals surface area contributed by atoms with Crippen molar-refractivity contribution in [1.82, 2.24) is 10.6 Å². The zero-order chi connectivity index (χ0) is 18.2. The van der Waals surface area contributed by atoms with Crippen LogP contribution in [0.5, 0.6) is 5.75 Å². The lowest BCUT2D eigenvalue weighted by atomic mass is 10.2. The lowest BCUT2D eigenvalue weighted by Crippen LogP contribution is -2.38. The smallest absolute Gasteiger partial charge is 0.191 e. The van der Waals surface area contributed by atoms with Gasteiger partial charge in [0, 0.05) is 39.5 Å². The molecule has 0 aliphatic carbocycles. The van der Waals surface area contributed by atoms with E-state index < -0.39 is 0 Å². The van der Waals surface area contributed by atoms with Crippen molar-refractivity contribution in [2.75, 3.05) is 46.6 Å². The third kappa shape index (κ3) is 12.3. The Hall–Kier alpha value is -1.06. The molecule has 6 nitrogen and oxygen atoms in total. The van der Waals surface area contributed by atoms with Gasteiger partial charge in [0.2, 0.25) is 0 Å². The quantitative estimate of drug-likeness (QED) is 0.197. The van der Waals surface area contributed by atoms with E-state index in [4.69, 9.17) is 14.2 Å². The Balaban J connectivity index is 0.00000625. The largest absolute Gasteiger partial charge is 0.497 e. The van der Waals surface area contributed by atoms with Crippen molar-refractivity contribution in [3.05, 3.63) is 29.8 Å². The number of halogens is 1. The highest BCUT2D eigenvalue weighted by molar-refractivity contribution is 14.0. The molecule has 1 aromatic carbocycles. The molecular formula is C19H34IN3O3. The molecular weight excluding hydrogens is 445 g/mol. The van der Waals surface area contributed by atoms with Gasteiger partial charge in [-0.15, -0.1) is 24.0 Å². The van der Waals surface area contributed by atoms with Crippen LogP contribution in [-0.2, 0) is 16.1 Å². The van der Waals surface area contributed by atoms with Gasteiger partial charge >= 0.3 is 0 Å². The molecule has 0 aromatic heterocycles. The van der Waals surface area contributed by atoms with E-state index in [0.29, 0.717) is 13.2 Å². The number of methoxy groups -OCH3 is 1. The molecule has 7 heteroatoms. The van der Waals surface area contributed by atoms with E-state index in [0.717, 1.165) is 63.0 Å². The minimum atomic E-state index is 0. The van der Waals surface area contributed by atoms with E-state index in [1.165, 1.54) is 0 Å². The van der Waals surface area contributed by atoms with Crippen LogP contribution in [0.15, 0.2) is 29.3 Å². The fourth-order valence-electron chi connectivity index (χ4n) is 2.14. The summed E-state index contributed by atoms with van der Waals surface area (Å²) >= 11 is 0. The molecule has 0 spiro atoms. The number of guanidine groups is 1. The molecule has 0 bridgehead atoms. The number of aliphatic imine (C=N–C) groups is 1. The molecule has 0 atom stereocenters. The van der Waals surface area contributed by atoms with E-state index in [9.17, 15) is 0 Å². The van der Waals surface area contributed by atoms with Gasteiger partial charge in [0.05, 0.1) is 13.7 Å². The van der Waals surface area contributed by atoms with Gasteiger partial charge in [-0.2, -0.15) is 0 Å². The first-order valence-electron chi connectivity index (χ1n) is 9.10. The highest BCUT2D eigenvalue weighted by Gasteiger charge is 1.98. The first-order valence-corrected chi connectivity index (χ1v) is 9.10. The van der Waals surface area contributed by atoms with Gasteiger partial charge in [0.1, 0.15) is 5.75 Å². The maximum absolute atomic E-state index is 5.69. The first-order chi connectivity index (χ1) is 12.3. The van der Waals surface area contributed by atoms with Gasteiger partial charge in [-0.3, -0.25) is 4.99 Å². The minimum absolute atomic E-state index is 0. The molecule has 0 heterocycles. The molecule has 0 saturated carbocycles. The number of hydrogen-bond acceptors (Lipinski definition) is 4. The van der Waals surface area contributed by atoms with E-state index in [2.05, 4.69) is 22.5 Å². The van der Waals surface area contributed by atoms with Gasteiger partial charge < -0.3 is 24.8 Å². The van der Waals surface area contributed by atoms with Gasteiger partial charge in [-0.05, 0) is 44.4 Å². The molecule has 0 radical (unpaired) electrons. The van der Waals surface area contributed by atoms with E-state index in [-0.39, 0.29) is 24.0 Å². The molecule has 150 valence electrons. The molecule has 1 aromatic rings. The fourth-order valence-corrected chi connectivity index (χ4v) is 2.14. The zero-order valence-corrected chi connectivity index (χ0v) is 18.6. The average Bonchev–Trinajstić information content (AvgIpc) is 2.64. The Morgan fingerprint density at radius 3 is 2.38 bits per heavy atom. The minimum Gasteiger partial charge on any atom is -0.497 e. The van der Waals surface area contributed by atoms with Gasteiger partial charge in [-0.25, -0.2) is 0 Å². The van der Waals surface area contributed by atoms with Crippen LogP contribution < -0.4 is 15.4 Å². The molecule has 0 unspecified atom stereocenters. The van der Waals surface area contributed by atoms with E-state index in [1.807, 2.05) is 31.2 Å². The molecule has 0 fully saturated rings. The van der Waals surface area contributed by atoms with Crippen molar-refractivity contribution < 1.29 is 14.2 Å². The van der Waals surface area contributed by atoms with Crippen LogP contribution in [0.2, 0.25) is 0 Å². The van der Waals surface area contributed by atoms with Crippen LogP contribution in [0.25, 0.3) is 0 Å². The standard InChI is InChI=1S/C19H33N3O3.HI/c1-4-20-19(21-12-6-14-24-5-2)22-13-7-15-25-16-17-8-10-18(23-3)11-9-17;/h8-11H,4-7,12-16H2,1-3H3,(H2,20,21,22);1H. The van der Waals surface area contributed by atoms with Crippen molar-refractivity contribution in [1.29, 1.82) is 0 Å². The third-order valence-corrected chi connectivity index (χ3v) is 3.45. The summed E-state index contributed by atoms with van der Waals surface area (Å²) in [6.45, 7) is 9.38. The predicted octanol–water partition coefficient (Wildman–Crippen LogP) is 3.20. The monoisotopic (exact) mass is 479 g/mol. The Morgan fingerprint density at radius 2 is 1.73 bits per heavy atom. The Bertz CT molecular complexity index is 470. The predicted molar refractivity (Wildman–Crippen MR) is 118 cm³/mol. The fraction of sp³-hybridized carbons (Fsp3) is 0.632. The average molecular weight is 479 g/mol. The van der Waals surface area contributed by atoms with Crippen molar-refractivity contribution in [3.63, 3.8) is 0 Å². The second-order valence-electron chi connectivity index (χ2n) is 5.49. The van der Waals surface area contributed by atoms with Gasteiger partial charge in [-0.1, -0.05) is 12.1 Å². The van der Waals surface area contributed by atoms with Crippen molar-refractivity contribution in [2.45, 2.75) is 33.3 Å². The second kappa shape index (κ2) is 17.4. The molecule has 26 heavy (non-hydrogen) atoms. The molecule has 2 N–H and O–H groups in total. The van der Waals surface area contributed by atoms with Crippen LogP contribution in [0.3, 0.4) is 0 Å².